The van der Waals surface area contributed by atoms with E-state index in [0.29, 0.717) is 17.2 Å². The number of nitrogens with one attached hydrogen (secondary N) is 2. The maximum atomic E-state index is 11.9. The second-order valence-corrected chi connectivity index (χ2v) is 8.31. The Bertz CT molecular complexity index is 812. The third-order valence-corrected chi connectivity index (χ3v) is 5.76. The van der Waals surface area contributed by atoms with E-state index >= 15 is 0 Å². The van der Waals surface area contributed by atoms with Crippen LogP contribution in [0.5, 0.6) is 0 Å². The molecule has 0 bridgehead atoms. The predicted octanol–water partition coefficient (Wildman–Crippen LogP) is 3.62. The van der Waals surface area contributed by atoms with Gasteiger partial charge >= 0.3 is 0 Å². The fraction of sp³-hybridized carbons (Fsp3) is 0.375. The topological polar surface area (TPSA) is 88.2 Å². The van der Waals surface area contributed by atoms with E-state index in [1.807, 2.05) is 26.0 Å². The first-order valence-electron chi connectivity index (χ1n) is 7.66. The van der Waals surface area contributed by atoms with Gasteiger partial charge in [-0.15, -0.1) is 0 Å². The lowest BCUT2D eigenvalue weighted by Gasteiger charge is -2.08. The first kappa shape index (κ1) is 18.4. The summed E-state index contributed by atoms with van der Waals surface area (Å²) in [6.45, 7) is 5.27. The Hall–Kier alpha value is -1.93. The second kappa shape index (κ2) is 7.76. The molecule has 8 heteroatoms. The molecule has 0 unspecified atom stereocenters. The normalized spacial score (nSPS) is 11.3. The number of hydrogen-bond donors (Lipinski definition) is 2. The molecule has 2 rings (SSSR count). The van der Waals surface area contributed by atoms with Crippen molar-refractivity contribution in [2.45, 2.75) is 33.6 Å². The molecule has 0 aliphatic rings. The van der Waals surface area contributed by atoms with Gasteiger partial charge in [-0.2, -0.15) is 0 Å². The average molecular weight is 367 g/mol. The summed E-state index contributed by atoms with van der Waals surface area (Å²) in [4.78, 5) is 16.4. The monoisotopic (exact) mass is 367 g/mol. The number of hydrogen-bond acceptors (Lipinski definition) is 5. The van der Waals surface area contributed by atoms with Crippen molar-refractivity contribution < 1.29 is 13.2 Å². The van der Waals surface area contributed by atoms with Crippen molar-refractivity contribution in [1.29, 1.82) is 0 Å². The number of benzene rings is 1. The highest BCUT2D eigenvalue weighted by molar-refractivity contribution is 7.92. The lowest BCUT2D eigenvalue weighted by atomic mass is 10.1. The Kier molecular flexibility index (Phi) is 5.95. The molecule has 0 aliphatic carbocycles. The Morgan fingerprint density at radius 1 is 1.25 bits per heavy atom. The second-order valence-electron chi connectivity index (χ2n) is 5.47. The van der Waals surface area contributed by atoms with Crippen LogP contribution in [0.15, 0.2) is 24.3 Å². The van der Waals surface area contributed by atoms with Gasteiger partial charge < -0.3 is 5.32 Å². The quantitative estimate of drug-likeness (QED) is 0.782. The smallest absolute Gasteiger partial charge is 0.232 e. The summed E-state index contributed by atoms with van der Waals surface area (Å²) in [5.74, 6) is -0.0358. The van der Waals surface area contributed by atoms with Crippen molar-refractivity contribution in [1.82, 2.24) is 4.98 Å². The van der Waals surface area contributed by atoms with E-state index in [-0.39, 0.29) is 11.7 Å². The van der Waals surface area contributed by atoms with Crippen LogP contribution in [0, 0.1) is 6.92 Å². The highest BCUT2D eigenvalue weighted by atomic mass is 32.2. The van der Waals surface area contributed by atoms with E-state index in [2.05, 4.69) is 15.0 Å². The van der Waals surface area contributed by atoms with Crippen molar-refractivity contribution in [2.24, 2.45) is 0 Å². The zero-order valence-electron chi connectivity index (χ0n) is 13.9. The lowest BCUT2D eigenvalue weighted by Crippen LogP contribution is -2.16. The lowest BCUT2D eigenvalue weighted by molar-refractivity contribution is -0.114. The predicted molar refractivity (Wildman–Crippen MR) is 98.9 cm³/mol. The van der Waals surface area contributed by atoms with Gasteiger partial charge in [-0.25, -0.2) is 13.4 Å². The number of nitrogens with zero attached hydrogens (tertiary/aromatic N) is 1. The van der Waals surface area contributed by atoms with Crippen molar-refractivity contribution in [3.8, 4) is 10.4 Å². The first-order valence-corrected chi connectivity index (χ1v) is 10.1. The maximum Gasteiger partial charge on any atom is 0.232 e. The van der Waals surface area contributed by atoms with Gasteiger partial charge in [0.25, 0.3) is 0 Å². The Morgan fingerprint density at radius 3 is 2.50 bits per heavy atom. The number of aryl methyl sites for hydroxylation is 1. The molecule has 0 radical (unpaired) electrons. The Morgan fingerprint density at radius 2 is 1.92 bits per heavy atom. The van der Waals surface area contributed by atoms with E-state index in [1.54, 1.807) is 12.1 Å². The number of thiazole rings is 1. The van der Waals surface area contributed by atoms with Gasteiger partial charge in [-0.05, 0) is 31.0 Å². The number of aromatic nitrogens is 1. The van der Waals surface area contributed by atoms with Crippen molar-refractivity contribution >= 4 is 38.1 Å². The zero-order valence-corrected chi connectivity index (χ0v) is 15.6. The molecule has 0 atom stereocenters. The molecule has 2 aromatic rings. The van der Waals surface area contributed by atoms with Crippen molar-refractivity contribution in [2.75, 3.05) is 15.8 Å². The zero-order chi connectivity index (χ0) is 17.7. The van der Waals surface area contributed by atoms with E-state index in [1.165, 1.54) is 18.3 Å². The molecular formula is C16H21N3O3S2. The van der Waals surface area contributed by atoms with E-state index in [9.17, 15) is 13.2 Å². The maximum absolute atomic E-state index is 11.9. The molecule has 24 heavy (non-hydrogen) atoms. The van der Waals surface area contributed by atoms with Gasteiger partial charge in [-0.3, -0.25) is 9.52 Å². The Balaban J connectivity index is 2.15. The van der Waals surface area contributed by atoms with Gasteiger partial charge in [0.15, 0.2) is 5.13 Å². The number of carbonyl (C=O) groups excluding carboxylic acids is 1. The molecule has 1 aromatic heterocycles. The van der Waals surface area contributed by atoms with Crippen LogP contribution in [0.4, 0.5) is 10.8 Å². The summed E-state index contributed by atoms with van der Waals surface area (Å²) in [6, 6.07) is 7.15. The number of rotatable bonds is 7. The van der Waals surface area contributed by atoms with Gasteiger partial charge in [-0.1, -0.05) is 36.8 Å². The average Bonchev–Trinajstić information content (AvgIpc) is 2.85. The molecule has 1 amide bonds. The fourth-order valence-corrected chi connectivity index (χ4v) is 4.41. The number of anilines is 2. The summed E-state index contributed by atoms with van der Waals surface area (Å²) in [5.41, 5.74) is 2.29. The minimum Gasteiger partial charge on any atom is -0.302 e. The summed E-state index contributed by atoms with van der Waals surface area (Å²) < 4.78 is 26.4. The summed E-state index contributed by atoms with van der Waals surface area (Å²) in [5, 5.41) is 3.23. The molecule has 0 saturated heterocycles. The Labute approximate surface area is 146 Å². The number of carbonyl (C=O) groups is 1. The molecule has 0 aliphatic heterocycles. The molecule has 0 saturated carbocycles. The van der Waals surface area contributed by atoms with Gasteiger partial charge in [0, 0.05) is 12.6 Å². The molecule has 0 spiro atoms. The fourth-order valence-electron chi connectivity index (χ4n) is 2.12. The van der Waals surface area contributed by atoms with Crippen LogP contribution in [0.2, 0.25) is 0 Å². The minimum absolute atomic E-state index is 0.124. The molecule has 130 valence electrons. The van der Waals surface area contributed by atoms with E-state index < -0.39 is 10.0 Å². The van der Waals surface area contributed by atoms with Crippen LogP contribution in [0.3, 0.4) is 0 Å². The number of sulfonamides is 1. The summed E-state index contributed by atoms with van der Waals surface area (Å²) >= 11 is 1.39. The van der Waals surface area contributed by atoms with Crippen LogP contribution < -0.4 is 10.0 Å². The van der Waals surface area contributed by atoms with Crippen molar-refractivity contribution in [3.05, 3.63) is 30.0 Å². The summed E-state index contributed by atoms with van der Waals surface area (Å²) in [7, 11) is -3.30. The largest absolute Gasteiger partial charge is 0.302 e. The third kappa shape index (κ3) is 5.04. The van der Waals surface area contributed by atoms with Gasteiger partial charge in [0.1, 0.15) is 0 Å². The highest BCUT2D eigenvalue weighted by Crippen LogP contribution is 2.33. The van der Waals surface area contributed by atoms with Crippen LogP contribution in [-0.2, 0) is 14.8 Å². The third-order valence-electron chi connectivity index (χ3n) is 3.27. The standard InChI is InChI=1S/C16H21N3O3S2/c1-4-5-10-24(21,22)19-14-8-6-13(7-9-14)15-11(2)17-16(23-15)18-12(3)20/h6-9,19H,4-5,10H2,1-3H3,(H,17,18,20). The molecule has 0 fully saturated rings. The number of unbranched alkanes of at least 4 members (excludes halogenated alkanes) is 1. The molecule has 1 aromatic carbocycles. The van der Waals surface area contributed by atoms with Gasteiger partial charge in [0.2, 0.25) is 15.9 Å². The minimum atomic E-state index is -3.30. The molecule has 2 N–H and O–H groups in total. The van der Waals surface area contributed by atoms with Crippen LogP contribution in [0.1, 0.15) is 32.4 Å². The molecule has 6 nitrogen and oxygen atoms in total. The van der Waals surface area contributed by atoms with Crippen molar-refractivity contribution in [3.63, 3.8) is 0 Å². The molecule has 1 heterocycles. The van der Waals surface area contributed by atoms with Gasteiger partial charge in [0.05, 0.1) is 16.3 Å². The van der Waals surface area contributed by atoms with E-state index in [0.717, 1.165) is 22.6 Å². The van der Waals surface area contributed by atoms with Crippen LogP contribution in [0.25, 0.3) is 10.4 Å². The SMILES string of the molecule is CCCCS(=O)(=O)Nc1ccc(-c2sc(NC(C)=O)nc2C)cc1. The first-order chi connectivity index (χ1) is 11.3. The summed E-state index contributed by atoms with van der Waals surface area (Å²) in [6.07, 6.45) is 1.47. The highest BCUT2D eigenvalue weighted by Gasteiger charge is 2.12. The van der Waals surface area contributed by atoms with Crippen LogP contribution >= 0.6 is 11.3 Å². The van der Waals surface area contributed by atoms with E-state index in [4.69, 9.17) is 0 Å². The number of amides is 1. The van der Waals surface area contributed by atoms with Crippen LogP contribution in [-0.4, -0.2) is 25.1 Å². The molecular weight excluding hydrogens is 346 g/mol.